The Balaban J connectivity index is 1.92. The number of methoxy groups -OCH3 is 2. The van der Waals surface area contributed by atoms with Crippen molar-refractivity contribution in [2.75, 3.05) is 27.4 Å². The summed E-state index contributed by atoms with van der Waals surface area (Å²) in [6, 6.07) is 8.98. The summed E-state index contributed by atoms with van der Waals surface area (Å²) in [6.07, 6.45) is 0. The van der Waals surface area contributed by atoms with E-state index in [1.54, 1.807) is 37.3 Å². The van der Waals surface area contributed by atoms with E-state index in [1.165, 1.54) is 0 Å². The molecule has 0 atom stereocenters. The van der Waals surface area contributed by atoms with Crippen LogP contribution in [-0.2, 0) is 13.2 Å². The van der Waals surface area contributed by atoms with E-state index in [-0.39, 0.29) is 12.5 Å². The van der Waals surface area contributed by atoms with E-state index < -0.39 is 0 Å². The minimum atomic E-state index is -0.147. The Morgan fingerprint density at radius 2 is 1.81 bits per heavy atom. The van der Waals surface area contributed by atoms with Crippen LogP contribution >= 0.6 is 15.9 Å². The lowest BCUT2D eigenvalue weighted by atomic mass is 10.1. The molecule has 0 fully saturated rings. The van der Waals surface area contributed by atoms with Gasteiger partial charge in [-0.1, -0.05) is 0 Å². The second-order valence-corrected chi connectivity index (χ2v) is 6.76. The third-order valence-electron chi connectivity index (χ3n) is 4.20. The van der Waals surface area contributed by atoms with Gasteiger partial charge in [-0.25, -0.2) is 0 Å². The van der Waals surface area contributed by atoms with Gasteiger partial charge in [-0.05, 0) is 51.3 Å². The number of benzene rings is 2. The number of halogens is 1. The molecule has 1 aliphatic heterocycles. The lowest BCUT2D eigenvalue weighted by Gasteiger charge is -2.21. The van der Waals surface area contributed by atoms with Crippen molar-refractivity contribution in [1.82, 2.24) is 4.90 Å². The molecule has 7 heteroatoms. The lowest BCUT2D eigenvalue weighted by molar-refractivity contribution is 0.0742. The molecule has 2 aromatic carbocycles. The minimum Gasteiger partial charge on any atom is -0.497 e. The molecule has 1 N–H and O–H groups in total. The molecule has 0 spiro atoms. The number of nitrogens with zero attached hydrogens (tertiary/aromatic N) is 1. The normalized spacial score (nSPS) is 13.7. The van der Waals surface area contributed by atoms with E-state index in [9.17, 15) is 9.90 Å². The number of hydrogen-bond acceptors (Lipinski definition) is 5. The maximum atomic E-state index is 13.1. The van der Waals surface area contributed by atoms with E-state index in [2.05, 4.69) is 15.9 Å². The monoisotopic (exact) mass is 421 g/mol. The first-order valence-electron chi connectivity index (χ1n) is 8.13. The zero-order valence-corrected chi connectivity index (χ0v) is 16.2. The number of hydrogen-bond donors (Lipinski definition) is 1. The van der Waals surface area contributed by atoms with Crippen LogP contribution in [0.2, 0.25) is 0 Å². The SMILES string of the molecule is COc1cc(CN2CCOc3c(Br)cc(CO)cc3C2=O)cc(OC)c1. The van der Waals surface area contributed by atoms with Crippen LogP contribution < -0.4 is 14.2 Å². The van der Waals surface area contributed by atoms with Gasteiger partial charge in [-0.3, -0.25) is 4.79 Å². The number of fused-ring (bicyclic) bond motifs is 1. The summed E-state index contributed by atoms with van der Waals surface area (Å²) in [7, 11) is 3.18. The summed E-state index contributed by atoms with van der Waals surface area (Å²) < 4.78 is 17.0. The molecule has 1 heterocycles. The van der Waals surface area contributed by atoms with Crippen molar-refractivity contribution in [3.63, 3.8) is 0 Å². The molecule has 0 unspecified atom stereocenters. The van der Waals surface area contributed by atoms with Crippen molar-refractivity contribution >= 4 is 21.8 Å². The summed E-state index contributed by atoms with van der Waals surface area (Å²) in [6.45, 7) is 1.09. The Labute approximate surface area is 160 Å². The average molecular weight is 422 g/mol. The van der Waals surface area contributed by atoms with E-state index >= 15 is 0 Å². The first kappa shape index (κ1) is 18.5. The molecule has 0 aromatic heterocycles. The molecule has 0 saturated heterocycles. The van der Waals surface area contributed by atoms with Crippen LogP contribution in [0.25, 0.3) is 0 Å². The third kappa shape index (κ3) is 3.78. The second kappa shape index (κ2) is 7.97. The van der Waals surface area contributed by atoms with Crippen molar-refractivity contribution in [2.45, 2.75) is 13.2 Å². The first-order chi connectivity index (χ1) is 12.5. The molecule has 0 bridgehead atoms. The molecule has 1 amide bonds. The maximum absolute atomic E-state index is 13.1. The fourth-order valence-electron chi connectivity index (χ4n) is 2.91. The standard InChI is InChI=1S/C19H20BrNO5/c1-24-14-5-12(6-15(9-14)25-2)10-21-3-4-26-18-16(19(21)23)7-13(11-22)8-17(18)20/h5-9,22H,3-4,10-11H2,1-2H3. The summed E-state index contributed by atoms with van der Waals surface area (Å²) in [5, 5.41) is 9.42. The van der Waals surface area contributed by atoms with Gasteiger partial charge in [0, 0.05) is 12.6 Å². The number of aliphatic hydroxyl groups excluding tert-OH is 1. The Hall–Kier alpha value is -2.25. The zero-order valence-electron chi connectivity index (χ0n) is 14.6. The van der Waals surface area contributed by atoms with Crippen LogP contribution in [0.3, 0.4) is 0 Å². The molecule has 0 saturated carbocycles. The molecule has 3 rings (SSSR count). The first-order valence-corrected chi connectivity index (χ1v) is 8.92. The molecular formula is C19H20BrNO5. The van der Waals surface area contributed by atoms with Crippen molar-refractivity contribution in [1.29, 1.82) is 0 Å². The number of amides is 1. The lowest BCUT2D eigenvalue weighted by Crippen LogP contribution is -2.31. The van der Waals surface area contributed by atoms with Crippen LogP contribution in [0.5, 0.6) is 17.2 Å². The van der Waals surface area contributed by atoms with E-state index in [1.807, 2.05) is 12.1 Å². The predicted octanol–water partition coefficient (Wildman–Crippen LogP) is 2.99. The van der Waals surface area contributed by atoms with Crippen molar-refractivity contribution in [3.05, 3.63) is 51.5 Å². The number of carbonyl (C=O) groups is 1. The minimum absolute atomic E-state index is 0.143. The molecule has 6 nitrogen and oxygen atoms in total. The molecule has 26 heavy (non-hydrogen) atoms. The van der Waals surface area contributed by atoms with E-state index in [4.69, 9.17) is 14.2 Å². The quantitative estimate of drug-likeness (QED) is 0.803. The van der Waals surface area contributed by atoms with Gasteiger partial charge in [0.15, 0.2) is 0 Å². The number of ether oxygens (including phenoxy) is 3. The molecule has 0 aliphatic carbocycles. The molecule has 0 radical (unpaired) electrons. The van der Waals surface area contributed by atoms with Crippen LogP contribution in [-0.4, -0.2) is 43.3 Å². The summed E-state index contributed by atoms with van der Waals surface area (Å²) in [5.74, 6) is 1.71. The smallest absolute Gasteiger partial charge is 0.258 e. The molecule has 138 valence electrons. The Bertz CT molecular complexity index is 802. The summed E-state index contributed by atoms with van der Waals surface area (Å²) in [4.78, 5) is 14.8. The second-order valence-electron chi connectivity index (χ2n) is 5.91. The Morgan fingerprint density at radius 1 is 1.12 bits per heavy atom. The van der Waals surface area contributed by atoms with E-state index in [0.717, 1.165) is 5.56 Å². The fourth-order valence-corrected chi connectivity index (χ4v) is 3.53. The topological polar surface area (TPSA) is 68.2 Å². The van der Waals surface area contributed by atoms with Gasteiger partial charge >= 0.3 is 0 Å². The molecular weight excluding hydrogens is 402 g/mol. The maximum Gasteiger partial charge on any atom is 0.258 e. The largest absolute Gasteiger partial charge is 0.497 e. The number of aliphatic hydroxyl groups is 1. The highest BCUT2D eigenvalue weighted by atomic mass is 79.9. The molecule has 1 aliphatic rings. The van der Waals surface area contributed by atoms with Crippen molar-refractivity contribution in [2.24, 2.45) is 0 Å². The zero-order chi connectivity index (χ0) is 18.7. The highest BCUT2D eigenvalue weighted by molar-refractivity contribution is 9.10. The van der Waals surface area contributed by atoms with Gasteiger partial charge in [-0.2, -0.15) is 0 Å². The van der Waals surface area contributed by atoms with Crippen LogP contribution in [0, 0.1) is 0 Å². The average Bonchev–Trinajstić information content (AvgIpc) is 2.81. The van der Waals surface area contributed by atoms with Gasteiger partial charge in [0.25, 0.3) is 5.91 Å². The van der Waals surface area contributed by atoms with Gasteiger partial charge < -0.3 is 24.2 Å². The number of rotatable bonds is 5. The Kier molecular flexibility index (Phi) is 5.68. The van der Waals surface area contributed by atoms with Gasteiger partial charge in [0.2, 0.25) is 0 Å². The molecule has 2 aromatic rings. The van der Waals surface area contributed by atoms with Gasteiger partial charge in [0.1, 0.15) is 23.9 Å². The third-order valence-corrected chi connectivity index (χ3v) is 4.78. The Morgan fingerprint density at radius 3 is 2.42 bits per heavy atom. The predicted molar refractivity (Wildman–Crippen MR) is 99.8 cm³/mol. The van der Waals surface area contributed by atoms with Crippen LogP contribution in [0.1, 0.15) is 21.5 Å². The van der Waals surface area contributed by atoms with Crippen LogP contribution in [0.4, 0.5) is 0 Å². The van der Waals surface area contributed by atoms with Gasteiger partial charge in [0.05, 0.1) is 37.4 Å². The van der Waals surface area contributed by atoms with E-state index in [0.29, 0.717) is 52.5 Å². The summed E-state index contributed by atoms with van der Waals surface area (Å²) >= 11 is 3.42. The number of carbonyl (C=O) groups excluding carboxylic acids is 1. The highest BCUT2D eigenvalue weighted by Crippen LogP contribution is 2.34. The van der Waals surface area contributed by atoms with Gasteiger partial charge in [-0.15, -0.1) is 0 Å². The highest BCUT2D eigenvalue weighted by Gasteiger charge is 2.26. The summed E-state index contributed by atoms with van der Waals surface area (Å²) in [5.41, 5.74) is 1.99. The van der Waals surface area contributed by atoms with Crippen LogP contribution in [0.15, 0.2) is 34.8 Å². The fraction of sp³-hybridized carbons (Fsp3) is 0.316. The van der Waals surface area contributed by atoms with Crippen molar-refractivity contribution < 1.29 is 24.1 Å². The van der Waals surface area contributed by atoms with Crippen molar-refractivity contribution in [3.8, 4) is 17.2 Å².